The summed E-state index contributed by atoms with van der Waals surface area (Å²) in [4.78, 5) is 24.5. The van der Waals surface area contributed by atoms with Crippen molar-refractivity contribution in [3.05, 3.63) is 29.6 Å². The van der Waals surface area contributed by atoms with Crippen molar-refractivity contribution in [1.82, 2.24) is 0 Å². The van der Waals surface area contributed by atoms with Crippen LogP contribution in [-0.4, -0.2) is 23.3 Å². The minimum atomic E-state index is -0.591. The third-order valence-corrected chi connectivity index (χ3v) is 4.15. The van der Waals surface area contributed by atoms with Crippen LogP contribution in [0.3, 0.4) is 0 Å². The number of benzene rings is 1. The molecule has 0 spiro atoms. The molecule has 2 rings (SSSR count). The first-order valence-electron chi connectivity index (χ1n) is 6.14. The van der Waals surface area contributed by atoms with Gasteiger partial charge in [-0.2, -0.15) is 5.26 Å². The molecule has 0 aromatic heterocycles. The summed E-state index contributed by atoms with van der Waals surface area (Å²) in [6.45, 7) is 1.99. The van der Waals surface area contributed by atoms with Gasteiger partial charge in [0.2, 0.25) is 5.91 Å². The minimum Gasteiger partial charge on any atom is -0.312 e. The van der Waals surface area contributed by atoms with E-state index in [2.05, 4.69) is 0 Å². The van der Waals surface area contributed by atoms with E-state index >= 15 is 0 Å². The zero-order chi connectivity index (χ0) is 14.7. The number of rotatable bonds is 3. The van der Waals surface area contributed by atoms with Crippen LogP contribution in [0.15, 0.2) is 18.2 Å². The Labute approximate surface area is 120 Å². The van der Waals surface area contributed by atoms with Gasteiger partial charge in [0.05, 0.1) is 5.56 Å². The number of hydrogen-bond donors (Lipinski definition) is 0. The maximum Gasteiger partial charge on any atom is 0.227 e. The van der Waals surface area contributed by atoms with E-state index in [1.807, 2.05) is 0 Å². The van der Waals surface area contributed by atoms with Crippen molar-refractivity contribution in [3.63, 3.8) is 0 Å². The smallest absolute Gasteiger partial charge is 0.227 e. The lowest BCUT2D eigenvalue weighted by atomic mass is 10.1. The number of halogens is 1. The first-order chi connectivity index (χ1) is 9.51. The van der Waals surface area contributed by atoms with E-state index < -0.39 is 5.82 Å². The third-order valence-electron chi connectivity index (χ3n) is 3.11. The first kappa shape index (κ1) is 14.5. The molecule has 1 aliphatic heterocycles. The average molecular weight is 292 g/mol. The Balaban J connectivity index is 2.12. The molecule has 1 unspecified atom stereocenters. The maximum atomic E-state index is 13.3. The number of amides is 1. The predicted octanol–water partition coefficient (Wildman–Crippen LogP) is 2.33. The van der Waals surface area contributed by atoms with Crippen LogP contribution in [-0.2, 0) is 9.59 Å². The molecule has 1 aliphatic rings. The highest BCUT2D eigenvalue weighted by atomic mass is 32.2. The Morgan fingerprint density at radius 2 is 2.35 bits per heavy atom. The number of carbonyl (C=O) groups is 2. The van der Waals surface area contributed by atoms with Crippen LogP contribution in [0.2, 0.25) is 0 Å². The lowest BCUT2D eigenvalue weighted by molar-refractivity contribution is -0.117. The van der Waals surface area contributed by atoms with E-state index in [0.29, 0.717) is 24.4 Å². The van der Waals surface area contributed by atoms with E-state index in [1.54, 1.807) is 11.0 Å². The number of thioether (sulfide) groups is 1. The number of anilines is 1. The van der Waals surface area contributed by atoms with Gasteiger partial charge >= 0.3 is 0 Å². The standard InChI is InChI=1S/C14H13FN2O2S/c1-9(18)20-8-10-4-14(19)17(7-10)12-2-3-13(15)11(5-12)6-16/h2-3,5,10H,4,7-8H2,1H3. The van der Waals surface area contributed by atoms with Crippen LogP contribution >= 0.6 is 11.8 Å². The Morgan fingerprint density at radius 1 is 1.60 bits per heavy atom. The van der Waals surface area contributed by atoms with Gasteiger partial charge in [0.1, 0.15) is 11.9 Å². The molecule has 0 bridgehead atoms. The third kappa shape index (κ3) is 3.17. The van der Waals surface area contributed by atoms with Gasteiger partial charge in [-0.3, -0.25) is 9.59 Å². The van der Waals surface area contributed by atoms with Crippen molar-refractivity contribution in [2.45, 2.75) is 13.3 Å². The van der Waals surface area contributed by atoms with Crippen molar-refractivity contribution in [3.8, 4) is 6.07 Å². The van der Waals surface area contributed by atoms with Gasteiger partial charge in [-0.15, -0.1) is 0 Å². The second kappa shape index (κ2) is 6.06. The fourth-order valence-electron chi connectivity index (χ4n) is 2.14. The molecule has 1 saturated heterocycles. The normalized spacial score (nSPS) is 18.1. The summed E-state index contributed by atoms with van der Waals surface area (Å²) in [6.07, 6.45) is 0.375. The van der Waals surface area contributed by atoms with Crippen molar-refractivity contribution < 1.29 is 14.0 Å². The zero-order valence-electron chi connectivity index (χ0n) is 10.9. The summed E-state index contributed by atoms with van der Waals surface area (Å²) in [6, 6.07) is 5.83. The van der Waals surface area contributed by atoms with Gasteiger partial charge in [-0.1, -0.05) is 11.8 Å². The molecule has 1 atom stereocenters. The molecule has 0 aliphatic carbocycles. The summed E-state index contributed by atoms with van der Waals surface area (Å²) >= 11 is 1.21. The maximum absolute atomic E-state index is 13.3. The number of nitriles is 1. The van der Waals surface area contributed by atoms with E-state index in [4.69, 9.17) is 5.26 Å². The van der Waals surface area contributed by atoms with E-state index in [9.17, 15) is 14.0 Å². The van der Waals surface area contributed by atoms with E-state index in [1.165, 1.54) is 36.9 Å². The summed E-state index contributed by atoms with van der Waals surface area (Å²) in [7, 11) is 0. The van der Waals surface area contributed by atoms with Gasteiger partial charge in [0.15, 0.2) is 5.12 Å². The van der Waals surface area contributed by atoms with Crippen LogP contribution < -0.4 is 4.90 Å². The van der Waals surface area contributed by atoms with Crippen molar-refractivity contribution >= 4 is 28.5 Å². The highest BCUT2D eigenvalue weighted by molar-refractivity contribution is 8.13. The van der Waals surface area contributed by atoms with Crippen LogP contribution in [0.4, 0.5) is 10.1 Å². The van der Waals surface area contributed by atoms with Crippen molar-refractivity contribution in [2.75, 3.05) is 17.2 Å². The van der Waals surface area contributed by atoms with Crippen LogP contribution in [0, 0.1) is 23.1 Å². The van der Waals surface area contributed by atoms with Crippen LogP contribution in [0.1, 0.15) is 18.9 Å². The molecule has 1 amide bonds. The molecule has 104 valence electrons. The topological polar surface area (TPSA) is 61.2 Å². The fourth-order valence-corrected chi connectivity index (χ4v) is 2.84. The predicted molar refractivity (Wildman–Crippen MR) is 74.7 cm³/mol. The largest absolute Gasteiger partial charge is 0.312 e. The molecule has 4 nitrogen and oxygen atoms in total. The second-order valence-electron chi connectivity index (χ2n) is 4.65. The Morgan fingerprint density at radius 3 is 3.00 bits per heavy atom. The summed E-state index contributed by atoms with van der Waals surface area (Å²) in [5.41, 5.74) is 0.458. The molecule has 0 N–H and O–H groups in total. The van der Waals surface area contributed by atoms with Gasteiger partial charge in [-0.05, 0) is 24.1 Å². The molecule has 1 heterocycles. The number of carbonyl (C=O) groups excluding carboxylic acids is 2. The zero-order valence-corrected chi connectivity index (χ0v) is 11.7. The van der Waals surface area contributed by atoms with E-state index in [0.717, 1.165) is 0 Å². The highest BCUT2D eigenvalue weighted by Gasteiger charge is 2.31. The number of nitrogens with zero attached hydrogens (tertiary/aromatic N) is 2. The Kier molecular flexibility index (Phi) is 4.40. The average Bonchev–Trinajstić information content (AvgIpc) is 2.78. The summed E-state index contributed by atoms with van der Waals surface area (Å²) in [5, 5.41) is 8.85. The Bertz CT molecular complexity index is 597. The summed E-state index contributed by atoms with van der Waals surface area (Å²) in [5.74, 6) is 0.0531. The summed E-state index contributed by atoms with van der Waals surface area (Å²) < 4.78 is 13.3. The quantitative estimate of drug-likeness (QED) is 0.858. The molecular formula is C14H13FN2O2S. The molecule has 1 aromatic carbocycles. The van der Waals surface area contributed by atoms with Gasteiger partial charge in [0, 0.05) is 31.3 Å². The molecular weight excluding hydrogens is 279 g/mol. The molecule has 20 heavy (non-hydrogen) atoms. The van der Waals surface area contributed by atoms with Gasteiger partial charge in [0.25, 0.3) is 0 Å². The van der Waals surface area contributed by atoms with Crippen LogP contribution in [0.5, 0.6) is 0 Å². The SMILES string of the molecule is CC(=O)SCC1CC(=O)N(c2ccc(F)c(C#N)c2)C1. The van der Waals surface area contributed by atoms with E-state index in [-0.39, 0.29) is 22.5 Å². The highest BCUT2D eigenvalue weighted by Crippen LogP contribution is 2.28. The fraction of sp³-hybridized carbons (Fsp3) is 0.357. The monoisotopic (exact) mass is 292 g/mol. The molecule has 0 radical (unpaired) electrons. The lowest BCUT2D eigenvalue weighted by Gasteiger charge is -2.17. The second-order valence-corrected chi connectivity index (χ2v) is 5.85. The first-order valence-corrected chi connectivity index (χ1v) is 7.13. The van der Waals surface area contributed by atoms with Gasteiger partial charge < -0.3 is 4.90 Å². The minimum absolute atomic E-state index is 0.0319. The molecule has 1 aromatic rings. The van der Waals surface area contributed by atoms with Crippen molar-refractivity contribution in [1.29, 1.82) is 5.26 Å². The molecule has 0 saturated carbocycles. The molecule has 1 fully saturated rings. The Hall–Kier alpha value is -1.87. The van der Waals surface area contributed by atoms with Crippen LogP contribution in [0.25, 0.3) is 0 Å². The molecule has 6 heteroatoms. The number of hydrogen-bond acceptors (Lipinski definition) is 4. The van der Waals surface area contributed by atoms with Crippen molar-refractivity contribution in [2.24, 2.45) is 5.92 Å². The van der Waals surface area contributed by atoms with Gasteiger partial charge in [-0.25, -0.2) is 4.39 Å². The lowest BCUT2D eigenvalue weighted by Crippen LogP contribution is -2.24.